The first-order chi connectivity index (χ1) is 9.15. The lowest BCUT2D eigenvalue weighted by Crippen LogP contribution is -2.29. The van der Waals surface area contributed by atoms with Crippen molar-refractivity contribution in [2.75, 3.05) is 7.11 Å². The van der Waals surface area contributed by atoms with Crippen LogP contribution in [0.15, 0.2) is 51.4 Å². The zero-order valence-corrected chi connectivity index (χ0v) is 13.5. The van der Waals surface area contributed by atoms with Crippen LogP contribution in [0.1, 0.15) is 17.2 Å². The fourth-order valence-electron chi connectivity index (χ4n) is 1.92. The van der Waals surface area contributed by atoms with E-state index in [4.69, 9.17) is 10.6 Å². The van der Waals surface area contributed by atoms with Crippen LogP contribution >= 0.6 is 31.9 Å². The topological polar surface area (TPSA) is 47.3 Å². The summed E-state index contributed by atoms with van der Waals surface area (Å²) in [5.41, 5.74) is 4.96. The first-order valence-electron chi connectivity index (χ1n) is 5.70. The largest absolute Gasteiger partial charge is 0.497 e. The third-order valence-electron chi connectivity index (χ3n) is 2.87. The zero-order valence-electron chi connectivity index (χ0n) is 10.4. The van der Waals surface area contributed by atoms with E-state index >= 15 is 0 Å². The van der Waals surface area contributed by atoms with Crippen LogP contribution in [0.4, 0.5) is 0 Å². The average molecular weight is 386 g/mol. The lowest BCUT2D eigenvalue weighted by atomic mass is 9.99. The van der Waals surface area contributed by atoms with Gasteiger partial charge in [-0.25, -0.2) is 5.43 Å². The highest BCUT2D eigenvalue weighted by molar-refractivity contribution is 9.11. The molecule has 0 radical (unpaired) electrons. The lowest BCUT2D eigenvalue weighted by Gasteiger charge is -2.19. The number of hydrogen-bond donors (Lipinski definition) is 2. The Hall–Kier alpha value is -0.880. The number of ether oxygens (including phenoxy) is 1. The van der Waals surface area contributed by atoms with Gasteiger partial charge in [-0.3, -0.25) is 5.84 Å². The molecule has 0 fully saturated rings. The van der Waals surface area contributed by atoms with Crippen molar-refractivity contribution >= 4 is 31.9 Å². The van der Waals surface area contributed by atoms with Crippen LogP contribution in [0.25, 0.3) is 0 Å². The molecule has 2 rings (SSSR count). The molecule has 0 aromatic heterocycles. The first kappa shape index (κ1) is 14.5. The molecular weight excluding hydrogens is 372 g/mol. The molecule has 0 saturated carbocycles. The summed E-state index contributed by atoms with van der Waals surface area (Å²) >= 11 is 7.01. The molecule has 2 aromatic carbocycles. The van der Waals surface area contributed by atoms with Crippen molar-refractivity contribution in [3.63, 3.8) is 0 Å². The summed E-state index contributed by atoms with van der Waals surface area (Å²) in [5.74, 6) is 6.52. The monoisotopic (exact) mass is 384 g/mol. The Morgan fingerprint density at radius 1 is 1.16 bits per heavy atom. The number of hydrazine groups is 1. The molecule has 2 aromatic rings. The Morgan fingerprint density at radius 3 is 2.58 bits per heavy atom. The Morgan fingerprint density at radius 2 is 1.95 bits per heavy atom. The number of nitrogens with two attached hydrogens (primary N) is 1. The highest BCUT2D eigenvalue weighted by Crippen LogP contribution is 2.31. The molecule has 100 valence electrons. The maximum Gasteiger partial charge on any atom is 0.119 e. The van der Waals surface area contributed by atoms with E-state index in [9.17, 15) is 0 Å². The minimum Gasteiger partial charge on any atom is -0.497 e. The molecule has 3 nitrogen and oxygen atoms in total. The molecule has 19 heavy (non-hydrogen) atoms. The van der Waals surface area contributed by atoms with Gasteiger partial charge < -0.3 is 4.74 Å². The number of rotatable bonds is 4. The van der Waals surface area contributed by atoms with E-state index in [-0.39, 0.29) is 6.04 Å². The summed E-state index contributed by atoms with van der Waals surface area (Å²) in [6.45, 7) is 0. The molecule has 1 atom stereocenters. The van der Waals surface area contributed by atoms with Crippen LogP contribution in [-0.4, -0.2) is 7.11 Å². The lowest BCUT2D eigenvalue weighted by molar-refractivity contribution is 0.413. The molecule has 0 spiro atoms. The smallest absolute Gasteiger partial charge is 0.119 e. The normalized spacial score (nSPS) is 12.2. The van der Waals surface area contributed by atoms with Crippen molar-refractivity contribution < 1.29 is 4.74 Å². The maximum atomic E-state index is 5.71. The van der Waals surface area contributed by atoms with Crippen molar-refractivity contribution in [2.24, 2.45) is 5.84 Å². The van der Waals surface area contributed by atoms with Crippen molar-refractivity contribution in [1.82, 2.24) is 5.43 Å². The van der Waals surface area contributed by atoms with Crippen LogP contribution in [0.2, 0.25) is 0 Å². The van der Waals surface area contributed by atoms with E-state index in [1.807, 2.05) is 42.5 Å². The third kappa shape index (κ3) is 3.36. The SMILES string of the molecule is COc1cccc(C(NN)c2ccc(Br)cc2Br)c1. The van der Waals surface area contributed by atoms with Crippen LogP contribution in [0.5, 0.6) is 5.75 Å². The highest BCUT2D eigenvalue weighted by atomic mass is 79.9. The summed E-state index contributed by atoms with van der Waals surface area (Å²) in [5, 5.41) is 0. The third-order valence-corrected chi connectivity index (χ3v) is 4.05. The van der Waals surface area contributed by atoms with E-state index in [0.29, 0.717) is 0 Å². The fraction of sp³-hybridized carbons (Fsp3) is 0.143. The predicted molar refractivity (Wildman–Crippen MR) is 84.0 cm³/mol. The fourth-order valence-corrected chi connectivity index (χ4v) is 3.20. The summed E-state index contributed by atoms with van der Waals surface area (Å²) in [4.78, 5) is 0. The minimum absolute atomic E-state index is 0.0995. The number of nitrogens with one attached hydrogen (secondary N) is 1. The van der Waals surface area contributed by atoms with E-state index in [1.54, 1.807) is 7.11 Å². The van der Waals surface area contributed by atoms with Gasteiger partial charge in [-0.2, -0.15) is 0 Å². The minimum atomic E-state index is -0.0995. The molecule has 0 bridgehead atoms. The van der Waals surface area contributed by atoms with E-state index < -0.39 is 0 Å². The maximum absolute atomic E-state index is 5.71. The Kier molecular flexibility index (Phi) is 4.99. The number of halogens is 2. The second-order valence-corrected chi connectivity index (χ2v) is 5.81. The highest BCUT2D eigenvalue weighted by Gasteiger charge is 2.16. The van der Waals surface area contributed by atoms with E-state index in [2.05, 4.69) is 37.3 Å². The second kappa shape index (κ2) is 6.52. The van der Waals surface area contributed by atoms with Gasteiger partial charge in [0.2, 0.25) is 0 Å². The van der Waals surface area contributed by atoms with Gasteiger partial charge in [-0.15, -0.1) is 0 Å². The van der Waals surface area contributed by atoms with E-state index in [1.165, 1.54) is 0 Å². The van der Waals surface area contributed by atoms with Crippen molar-refractivity contribution in [2.45, 2.75) is 6.04 Å². The molecule has 0 amide bonds. The van der Waals surface area contributed by atoms with Crippen molar-refractivity contribution in [1.29, 1.82) is 0 Å². The second-order valence-electron chi connectivity index (χ2n) is 4.04. The van der Waals surface area contributed by atoms with Crippen molar-refractivity contribution in [3.05, 3.63) is 62.5 Å². The molecule has 0 saturated heterocycles. The number of benzene rings is 2. The molecule has 5 heteroatoms. The van der Waals surface area contributed by atoms with Crippen LogP contribution < -0.4 is 16.0 Å². The molecular formula is C14H14Br2N2O. The van der Waals surface area contributed by atoms with Crippen LogP contribution in [0.3, 0.4) is 0 Å². The van der Waals surface area contributed by atoms with Crippen LogP contribution in [0, 0.1) is 0 Å². The first-order valence-corrected chi connectivity index (χ1v) is 7.29. The molecule has 0 aliphatic heterocycles. The van der Waals surface area contributed by atoms with Gasteiger partial charge in [0.25, 0.3) is 0 Å². The quantitative estimate of drug-likeness (QED) is 0.622. The summed E-state index contributed by atoms with van der Waals surface area (Å²) < 4.78 is 7.26. The van der Waals surface area contributed by atoms with Gasteiger partial charge in [0.1, 0.15) is 5.75 Å². The Labute approximate surface area is 129 Å². The molecule has 0 heterocycles. The van der Waals surface area contributed by atoms with E-state index in [0.717, 1.165) is 25.8 Å². The van der Waals surface area contributed by atoms with Gasteiger partial charge in [0, 0.05) is 8.95 Å². The Bertz CT molecular complexity index is 575. The standard InChI is InChI=1S/C14H14Br2N2O/c1-19-11-4-2-3-9(7-11)14(18-17)12-6-5-10(15)8-13(12)16/h2-8,14,18H,17H2,1H3. The van der Waals surface area contributed by atoms with Crippen molar-refractivity contribution in [3.8, 4) is 5.75 Å². The average Bonchev–Trinajstić information content (AvgIpc) is 2.42. The molecule has 0 aliphatic carbocycles. The summed E-state index contributed by atoms with van der Waals surface area (Å²) in [6, 6.07) is 13.8. The number of hydrogen-bond acceptors (Lipinski definition) is 3. The van der Waals surface area contributed by atoms with Gasteiger partial charge >= 0.3 is 0 Å². The zero-order chi connectivity index (χ0) is 13.8. The summed E-state index contributed by atoms with van der Waals surface area (Å²) in [7, 11) is 1.65. The predicted octanol–water partition coefficient (Wildman–Crippen LogP) is 3.77. The van der Waals surface area contributed by atoms with Gasteiger partial charge in [-0.05, 0) is 35.4 Å². The van der Waals surface area contributed by atoms with Gasteiger partial charge in [0.15, 0.2) is 0 Å². The van der Waals surface area contributed by atoms with Gasteiger partial charge in [0.05, 0.1) is 13.2 Å². The van der Waals surface area contributed by atoms with Crippen LogP contribution in [-0.2, 0) is 0 Å². The molecule has 1 unspecified atom stereocenters. The molecule has 3 N–H and O–H groups in total. The Balaban J connectivity index is 2.43. The summed E-state index contributed by atoms with van der Waals surface area (Å²) in [6.07, 6.45) is 0. The van der Waals surface area contributed by atoms with Gasteiger partial charge in [-0.1, -0.05) is 50.1 Å². The number of methoxy groups -OCH3 is 1. The molecule has 0 aliphatic rings.